The fourth-order valence-electron chi connectivity index (χ4n) is 5.13. The number of carbonyl (C=O) groups excluding carboxylic acids is 2. The minimum atomic E-state index is -4.60. The van der Waals surface area contributed by atoms with Crippen LogP contribution in [0.2, 0.25) is 0 Å². The van der Waals surface area contributed by atoms with E-state index in [1.54, 1.807) is 23.1 Å². The number of anilines is 1. The molecule has 0 bridgehead atoms. The fraction of sp³-hybridized carbons (Fsp3) is 0.458. The number of primary amides is 1. The van der Waals surface area contributed by atoms with Crippen LogP contribution in [0.3, 0.4) is 0 Å². The van der Waals surface area contributed by atoms with E-state index in [-0.39, 0.29) is 17.7 Å². The number of thiophene rings is 1. The number of alkyl halides is 3. The number of halogens is 3. The fourth-order valence-corrected chi connectivity index (χ4v) is 5.96. The first-order valence-corrected chi connectivity index (χ1v) is 11.9. The van der Waals surface area contributed by atoms with Gasteiger partial charge in [0.25, 0.3) is 5.91 Å². The van der Waals surface area contributed by atoms with Crippen LogP contribution in [0, 0.1) is 36.0 Å². The van der Waals surface area contributed by atoms with Crippen molar-refractivity contribution >= 4 is 28.8 Å². The summed E-state index contributed by atoms with van der Waals surface area (Å²) in [5, 5.41) is 9.01. The van der Waals surface area contributed by atoms with Crippen molar-refractivity contribution in [2.75, 3.05) is 31.1 Å². The molecule has 2 amide bonds. The maximum absolute atomic E-state index is 13.3. The molecule has 2 N–H and O–H groups in total. The first-order chi connectivity index (χ1) is 16.1. The topological polar surface area (TPSA) is 90.4 Å². The quantitative estimate of drug-likeness (QED) is 0.701. The Hall–Kier alpha value is -3.06. The van der Waals surface area contributed by atoms with Gasteiger partial charge < -0.3 is 15.5 Å². The number of nitrogens with two attached hydrogens (primary N) is 1. The van der Waals surface area contributed by atoms with Crippen molar-refractivity contribution in [3.63, 3.8) is 0 Å². The molecule has 180 valence electrons. The highest BCUT2D eigenvalue weighted by Crippen LogP contribution is 2.39. The largest absolute Gasteiger partial charge is 0.417 e. The molecule has 4 rings (SSSR count). The number of carbonyl (C=O) groups is 2. The molecule has 0 unspecified atom stereocenters. The Balaban J connectivity index is 1.45. The summed E-state index contributed by atoms with van der Waals surface area (Å²) in [6, 6.07) is 9.07. The molecule has 1 aromatic heterocycles. The average Bonchev–Trinajstić information content (AvgIpc) is 3.45. The van der Waals surface area contributed by atoms with Crippen molar-refractivity contribution in [2.24, 2.45) is 23.5 Å². The van der Waals surface area contributed by atoms with Gasteiger partial charge in [0.15, 0.2) is 0 Å². The van der Waals surface area contributed by atoms with Crippen LogP contribution in [0.4, 0.5) is 18.9 Å². The van der Waals surface area contributed by atoms with Crippen molar-refractivity contribution in [2.45, 2.75) is 25.9 Å². The molecular weight excluding hydrogens is 465 g/mol. The van der Waals surface area contributed by atoms with Crippen LogP contribution in [0.25, 0.3) is 0 Å². The van der Waals surface area contributed by atoms with Crippen LogP contribution >= 0.6 is 11.3 Å². The van der Waals surface area contributed by atoms with Gasteiger partial charge >= 0.3 is 6.18 Å². The zero-order valence-corrected chi connectivity index (χ0v) is 19.5. The highest BCUT2D eigenvalue weighted by Gasteiger charge is 2.43. The van der Waals surface area contributed by atoms with Gasteiger partial charge in [-0.3, -0.25) is 9.59 Å². The Morgan fingerprint density at radius 2 is 1.85 bits per heavy atom. The van der Waals surface area contributed by atoms with Gasteiger partial charge in [-0.2, -0.15) is 18.4 Å². The Kier molecular flexibility index (Phi) is 6.58. The van der Waals surface area contributed by atoms with Crippen molar-refractivity contribution in [1.29, 1.82) is 5.26 Å². The monoisotopic (exact) mass is 490 g/mol. The van der Waals surface area contributed by atoms with Gasteiger partial charge in [0.05, 0.1) is 28.0 Å². The molecule has 6 nitrogen and oxygen atoms in total. The number of likely N-dealkylation sites (tertiary alicyclic amines) is 1. The number of amides is 2. The third-order valence-corrected chi connectivity index (χ3v) is 7.90. The molecule has 0 radical (unpaired) electrons. The molecular formula is C24H25F3N4O2S. The van der Waals surface area contributed by atoms with Gasteiger partial charge in [-0.15, -0.1) is 11.3 Å². The second kappa shape index (κ2) is 9.29. The van der Waals surface area contributed by atoms with Crippen LogP contribution in [-0.4, -0.2) is 42.9 Å². The van der Waals surface area contributed by atoms with Gasteiger partial charge in [-0.25, -0.2) is 0 Å². The summed E-state index contributed by atoms with van der Waals surface area (Å²) < 4.78 is 40.0. The minimum Gasteiger partial charge on any atom is -0.372 e. The van der Waals surface area contributed by atoms with E-state index in [0.29, 0.717) is 49.6 Å². The van der Waals surface area contributed by atoms with Crippen LogP contribution in [0.5, 0.6) is 0 Å². The van der Waals surface area contributed by atoms with Crippen molar-refractivity contribution < 1.29 is 22.8 Å². The lowest BCUT2D eigenvalue weighted by molar-refractivity contribution is -0.137. The van der Waals surface area contributed by atoms with Gasteiger partial charge in [0.2, 0.25) is 5.91 Å². The van der Waals surface area contributed by atoms with E-state index < -0.39 is 29.1 Å². The normalized spacial score (nSPS) is 21.5. The van der Waals surface area contributed by atoms with E-state index >= 15 is 0 Å². The van der Waals surface area contributed by atoms with Crippen molar-refractivity contribution in [1.82, 2.24) is 4.90 Å². The molecule has 1 aromatic carbocycles. The Labute approximate surface area is 199 Å². The summed E-state index contributed by atoms with van der Waals surface area (Å²) in [6.45, 7) is 3.71. The molecule has 2 atom stereocenters. The summed E-state index contributed by atoms with van der Waals surface area (Å²) in [7, 11) is 0. The van der Waals surface area contributed by atoms with Crippen LogP contribution in [0.15, 0.2) is 30.3 Å². The predicted octanol–water partition coefficient (Wildman–Crippen LogP) is 4.04. The second-order valence-corrected chi connectivity index (χ2v) is 10.2. The number of aryl methyl sites for hydroxylation is 1. The zero-order chi connectivity index (χ0) is 24.6. The molecule has 3 heterocycles. The van der Waals surface area contributed by atoms with E-state index in [9.17, 15) is 22.8 Å². The van der Waals surface area contributed by atoms with E-state index in [4.69, 9.17) is 11.0 Å². The molecule has 2 aromatic rings. The molecule has 34 heavy (non-hydrogen) atoms. The average molecular weight is 491 g/mol. The molecule has 2 fully saturated rings. The highest BCUT2D eigenvalue weighted by atomic mass is 32.1. The lowest BCUT2D eigenvalue weighted by Gasteiger charge is -2.37. The van der Waals surface area contributed by atoms with Crippen molar-refractivity contribution in [3.8, 4) is 6.07 Å². The van der Waals surface area contributed by atoms with Gasteiger partial charge in [-0.1, -0.05) is 0 Å². The molecule has 2 aliphatic rings. The number of hydrogen-bond donors (Lipinski definition) is 1. The van der Waals surface area contributed by atoms with Crippen LogP contribution in [-0.2, 0) is 11.0 Å². The van der Waals surface area contributed by atoms with Gasteiger partial charge in [-0.05, 0) is 61.9 Å². The molecule has 0 saturated carbocycles. The molecule has 2 saturated heterocycles. The van der Waals surface area contributed by atoms with Gasteiger partial charge in [0.1, 0.15) is 0 Å². The summed E-state index contributed by atoms with van der Waals surface area (Å²) in [4.78, 5) is 30.4. The number of piperidine rings is 1. The third kappa shape index (κ3) is 4.75. The number of nitriles is 1. The minimum absolute atomic E-state index is 0.0728. The highest BCUT2D eigenvalue weighted by molar-refractivity contribution is 7.13. The van der Waals surface area contributed by atoms with Crippen LogP contribution in [0.1, 0.15) is 38.5 Å². The van der Waals surface area contributed by atoms with E-state index in [0.717, 1.165) is 10.9 Å². The number of hydrogen-bond acceptors (Lipinski definition) is 5. The predicted molar refractivity (Wildman–Crippen MR) is 122 cm³/mol. The molecule has 2 aliphatic heterocycles. The summed E-state index contributed by atoms with van der Waals surface area (Å²) >= 11 is 1.42. The maximum Gasteiger partial charge on any atom is 0.417 e. The molecule has 0 aliphatic carbocycles. The van der Waals surface area contributed by atoms with Gasteiger partial charge in [0, 0.05) is 36.7 Å². The Morgan fingerprint density at radius 3 is 2.41 bits per heavy atom. The summed E-state index contributed by atoms with van der Waals surface area (Å²) in [5.74, 6) is -0.893. The summed E-state index contributed by atoms with van der Waals surface area (Å²) in [6.07, 6.45) is -3.25. The number of rotatable bonds is 4. The standard InChI is InChI=1S/C24H25F3N4O2S/c1-14-2-5-21(34-14)23(33)31-12-18(19(13-31)22(29)32)15-6-8-30(9-7-15)17-4-3-16(11-28)20(10-17)24(25,26)27/h2-5,10,15,18-19H,6-9,12-13H2,1H3,(H2,29,32)/t18-,19+/m0/s1. The van der Waals surface area contributed by atoms with Crippen molar-refractivity contribution in [3.05, 3.63) is 51.2 Å². The summed E-state index contributed by atoms with van der Waals surface area (Å²) in [5.41, 5.74) is 4.78. The van der Waals surface area contributed by atoms with Crippen LogP contribution < -0.4 is 10.6 Å². The molecule has 10 heteroatoms. The SMILES string of the molecule is Cc1ccc(C(=O)N2C[C@@H](C(N)=O)[C@H](C3CCN(c4ccc(C#N)c(C(F)(F)F)c4)CC3)C2)s1. The Morgan fingerprint density at radius 1 is 1.15 bits per heavy atom. The first kappa shape index (κ1) is 24.1. The second-order valence-electron chi connectivity index (χ2n) is 8.96. The van der Waals surface area contributed by atoms with E-state index in [1.165, 1.54) is 17.4 Å². The van der Waals surface area contributed by atoms with E-state index in [2.05, 4.69) is 0 Å². The zero-order valence-electron chi connectivity index (χ0n) is 18.6. The number of nitrogens with zero attached hydrogens (tertiary/aromatic N) is 3. The lowest BCUT2D eigenvalue weighted by Crippen LogP contribution is -2.40. The lowest BCUT2D eigenvalue weighted by atomic mass is 9.78. The maximum atomic E-state index is 13.3. The Bertz CT molecular complexity index is 1130. The molecule has 0 spiro atoms. The third-order valence-electron chi connectivity index (χ3n) is 6.91. The first-order valence-electron chi connectivity index (χ1n) is 11.1. The smallest absolute Gasteiger partial charge is 0.372 e. The van der Waals surface area contributed by atoms with E-state index in [1.807, 2.05) is 17.9 Å². The number of benzene rings is 1.